The van der Waals surface area contributed by atoms with Gasteiger partial charge in [-0.3, -0.25) is 9.69 Å². The topological polar surface area (TPSA) is 115 Å². The van der Waals surface area contributed by atoms with E-state index in [9.17, 15) is 9.59 Å². The quantitative estimate of drug-likeness (QED) is 0.277. The molecular weight excluding hydrogens is 392 g/mol. The molecule has 29 heavy (non-hydrogen) atoms. The summed E-state index contributed by atoms with van der Waals surface area (Å²) >= 11 is 1.42. The lowest BCUT2D eigenvalue weighted by Crippen LogP contribution is -2.32. The molecular formula is C19H26N6O3S. The van der Waals surface area contributed by atoms with Gasteiger partial charge in [0.1, 0.15) is 12.4 Å². The molecule has 1 fully saturated rings. The van der Waals surface area contributed by atoms with Gasteiger partial charge < -0.3 is 15.9 Å². The van der Waals surface area contributed by atoms with Gasteiger partial charge in [-0.2, -0.15) is 0 Å². The highest BCUT2D eigenvalue weighted by molar-refractivity contribution is 7.99. The number of aryl methyl sites for hydroxylation is 1. The molecule has 2 heterocycles. The molecule has 0 saturated carbocycles. The highest BCUT2D eigenvalue weighted by Gasteiger charge is 2.27. The van der Waals surface area contributed by atoms with Crippen LogP contribution in [0.15, 0.2) is 23.4 Å². The maximum Gasteiger partial charge on any atom is 0.324 e. The molecule has 10 heteroatoms. The van der Waals surface area contributed by atoms with E-state index in [-0.39, 0.29) is 25.1 Å². The Morgan fingerprint density at radius 3 is 2.79 bits per heavy atom. The van der Waals surface area contributed by atoms with Crippen LogP contribution >= 0.6 is 11.8 Å². The molecule has 156 valence electrons. The number of imide groups is 1. The van der Waals surface area contributed by atoms with E-state index in [1.165, 1.54) is 21.3 Å². The number of nitrogens with zero attached hydrogens (tertiary/aromatic N) is 4. The van der Waals surface area contributed by atoms with Crippen LogP contribution < -0.4 is 15.9 Å². The van der Waals surface area contributed by atoms with Crippen molar-refractivity contribution in [3.63, 3.8) is 0 Å². The van der Waals surface area contributed by atoms with Crippen LogP contribution in [0.3, 0.4) is 0 Å². The van der Waals surface area contributed by atoms with Gasteiger partial charge in [0.2, 0.25) is 11.1 Å². The predicted molar refractivity (Wildman–Crippen MR) is 110 cm³/mol. The first-order chi connectivity index (χ1) is 13.9. The van der Waals surface area contributed by atoms with Crippen molar-refractivity contribution < 1.29 is 14.3 Å². The first-order valence-electron chi connectivity index (χ1n) is 9.50. The van der Waals surface area contributed by atoms with E-state index in [4.69, 9.17) is 10.6 Å². The standard InChI is InChI=1S/C19H26N6O3S/c1-12(2)14-6-5-13(3)9-15(14)28-11-16-22-23-19(25(16)20)29-8-4-7-24-17(26)10-21-18(24)27/h5-6,9,12H,4,7-8,10-11,20H2,1-3H3,(H,21,27). The van der Waals surface area contributed by atoms with Gasteiger partial charge in [-0.1, -0.05) is 37.7 Å². The third-order valence-corrected chi connectivity index (χ3v) is 5.61. The maximum atomic E-state index is 11.6. The number of nitrogen functional groups attached to an aromatic ring is 1. The van der Waals surface area contributed by atoms with Gasteiger partial charge in [-0.15, -0.1) is 10.2 Å². The summed E-state index contributed by atoms with van der Waals surface area (Å²) in [6.07, 6.45) is 0.642. The van der Waals surface area contributed by atoms with Crippen molar-refractivity contribution >= 4 is 23.7 Å². The maximum absolute atomic E-state index is 11.6. The highest BCUT2D eigenvalue weighted by Crippen LogP contribution is 2.28. The van der Waals surface area contributed by atoms with Crippen molar-refractivity contribution in [1.82, 2.24) is 25.1 Å². The Hall–Kier alpha value is -2.75. The van der Waals surface area contributed by atoms with Crippen LogP contribution in [0.4, 0.5) is 4.79 Å². The summed E-state index contributed by atoms with van der Waals surface area (Å²) in [6, 6.07) is 5.83. The number of carbonyl (C=O) groups is 2. The van der Waals surface area contributed by atoms with E-state index in [0.717, 1.165) is 16.9 Å². The van der Waals surface area contributed by atoms with E-state index in [1.807, 2.05) is 13.0 Å². The highest BCUT2D eigenvalue weighted by atomic mass is 32.2. The number of nitrogens with one attached hydrogen (secondary N) is 1. The summed E-state index contributed by atoms with van der Waals surface area (Å²) in [5.74, 6) is 8.26. The normalized spacial score (nSPS) is 14.0. The summed E-state index contributed by atoms with van der Waals surface area (Å²) in [5, 5.41) is 11.3. The number of hydrogen-bond acceptors (Lipinski definition) is 7. The third-order valence-electron chi connectivity index (χ3n) is 4.58. The van der Waals surface area contributed by atoms with Gasteiger partial charge in [-0.25, -0.2) is 9.47 Å². The summed E-state index contributed by atoms with van der Waals surface area (Å²) in [4.78, 5) is 24.3. The number of rotatable bonds is 9. The fourth-order valence-corrected chi connectivity index (χ4v) is 3.76. The number of ether oxygens (including phenoxy) is 1. The van der Waals surface area contributed by atoms with Crippen LogP contribution in [-0.4, -0.2) is 50.6 Å². The Morgan fingerprint density at radius 1 is 1.31 bits per heavy atom. The van der Waals surface area contributed by atoms with Gasteiger partial charge in [0, 0.05) is 12.3 Å². The molecule has 3 rings (SSSR count). The molecule has 1 aromatic carbocycles. The third kappa shape index (κ3) is 5.00. The summed E-state index contributed by atoms with van der Waals surface area (Å²) in [5.41, 5.74) is 2.26. The predicted octanol–water partition coefficient (Wildman–Crippen LogP) is 2.04. The lowest BCUT2D eigenvalue weighted by Gasteiger charge is -2.14. The fraction of sp³-hybridized carbons (Fsp3) is 0.474. The lowest BCUT2D eigenvalue weighted by atomic mass is 10.0. The van der Waals surface area contributed by atoms with Crippen molar-refractivity contribution in [2.45, 2.75) is 44.9 Å². The van der Waals surface area contributed by atoms with Crippen LogP contribution in [0, 0.1) is 6.92 Å². The van der Waals surface area contributed by atoms with Crippen molar-refractivity contribution in [2.24, 2.45) is 0 Å². The van der Waals surface area contributed by atoms with Crippen LogP contribution in [0.2, 0.25) is 0 Å². The van der Waals surface area contributed by atoms with E-state index < -0.39 is 0 Å². The SMILES string of the molecule is Cc1ccc(C(C)C)c(OCc2nnc(SCCCN3C(=O)CNC3=O)n2N)c1. The summed E-state index contributed by atoms with van der Waals surface area (Å²) in [6.45, 7) is 6.93. The largest absolute Gasteiger partial charge is 0.485 e. The van der Waals surface area contributed by atoms with Crippen LogP contribution in [0.25, 0.3) is 0 Å². The minimum atomic E-state index is -0.335. The Kier molecular flexibility index (Phi) is 6.63. The molecule has 0 spiro atoms. The summed E-state index contributed by atoms with van der Waals surface area (Å²) < 4.78 is 7.39. The number of nitrogens with two attached hydrogens (primary N) is 1. The van der Waals surface area contributed by atoms with Crippen molar-refractivity contribution in [3.05, 3.63) is 35.2 Å². The molecule has 1 aliphatic rings. The Morgan fingerprint density at radius 2 is 2.10 bits per heavy atom. The molecule has 0 aliphatic carbocycles. The number of amides is 3. The monoisotopic (exact) mass is 418 g/mol. The van der Waals surface area contributed by atoms with Gasteiger partial charge in [0.25, 0.3) is 0 Å². The first-order valence-corrected chi connectivity index (χ1v) is 10.5. The average molecular weight is 419 g/mol. The fourth-order valence-electron chi connectivity index (χ4n) is 2.96. The number of carbonyl (C=O) groups excluding carboxylic acids is 2. The van der Waals surface area contributed by atoms with Gasteiger partial charge in [0.15, 0.2) is 5.82 Å². The van der Waals surface area contributed by atoms with Crippen molar-refractivity contribution in [3.8, 4) is 5.75 Å². The number of hydrogen-bond donors (Lipinski definition) is 2. The second-order valence-electron chi connectivity index (χ2n) is 7.16. The number of aromatic nitrogens is 3. The van der Waals surface area contributed by atoms with Gasteiger partial charge >= 0.3 is 6.03 Å². The van der Waals surface area contributed by atoms with Crippen molar-refractivity contribution in [2.75, 3.05) is 24.7 Å². The first kappa shape index (κ1) is 21.0. The number of thioether (sulfide) groups is 1. The molecule has 1 aromatic heterocycles. The zero-order valence-electron chi connectivity index (χ0n) is 16.8. The smallest absolute Gasteiger partial charge is 0.324 e. The van der Waals surface area contributed by atoms with E-state index in [2.05, 4.69) is 41.5 Å². The van der Waals surface area contributed by atoms with Crippen LogP contribution in [0.1, 0.15) is 43.1 Å². The summed E-state index contributed by atoms with van der Waals surface area (Å²) in [7, 11) is 0. The minimum Gasteiger partial charge on any atom is -0.485 e. The molecule has 9 nitrogen and oxygen atoms in total. The van der Waals surface area contributed by atoms with E-state index >= 15 is 0 Å². The molecule has 0 unspecified atom stereocenters. The van der Waals surface area contributed by atoms with Gasteiger partial charge in [-0.05, 0) is 36.5 Å². The minimum absolute atomic E-state index is 0.0753. The molecule has 0 bridgehead atoms. The van der Waals surface area contributed by atoms with Crippen LogP contribution in [0.5, 0.6) is 5.75 Å². The van der Waals surface area contributed by atoms with E-state index in [0.29, 0.717) is 35.6 Å². The Balaban J connectivity index is 1.53. The van der Waals surface area contributed by atoms with Crippen LogP contribution in [-0.2, 0) is 11.4 Å². The zero-order chi connectivity index (χ0) is 21.0. The zero-order valence-corrected chi connectivity index (χ0v) is 17.7. The molecule has 3 N–H and O–H groups in total. The molecule has 2 aromatic rings. The molecule has 1 aliphatic heterocycles. The van der Waals surface area contributed by atoms with Crippen molar-refractivity contribution in [1.29, 1.82) is 0 Å². The molecule has 0 atom stereocenters. The second-order valence-corrected chi connectivity index (χ2v) is 8.22. The molecule has 1 saturated heterocycles. The average Bonchev–Trinajstić information content (AvgIpc) is 3.19. The lowest BCUT2D eigenvalue weighted by molar-refractivity contribution is -0.124. The van der Waals surface area contributed by atoms with Gasteiger partial charge in [0.05, 0.1) is 6.54 Å². The second kappa shape index (κ2) is 9.17. The Bertz CT molecular complexity index is 882. The Labute approximate surface area is 174 Å². The molecule has 0 radical (unpaired) electrons. The van der Waals surface area contributed by atoms with E-state index in [1.54, 1.807) is 0 Å². The molecule has 3 amide bonds. The number of urea groups is 1. The number of benzene rings is 1.